The smallest absolute Gasteiger partial charge is 0.243 e. The minimum absolute atomic E-state index is 0.112. The molecular weight excluding hydrogens is 638 g/mol. The molecule has 2 fully saturated rings. The van der Waals surface area contributed by atoms with E-state index in [1.807, 2.05) is 6.92 Å². The zero-order valence-corrected chi connectivity index (χ0v) is 26.9. The molecule has 0 radical (unpaired) electrons. The summed E-state index contributed by atoms with van der Waals surface area (Å²) >= 11 is 5.72. The summed E-state index contributed by atoms with van der Waals surface area (Å²) in [4.78, 5) is 25.0. The van der Waals surface area contributed by atoms with E-state index in [9.17, 15) is 22.0 Å². The highest BCUT2D eigenvalue weighted by molar-refractivity contribution is 7.89. The molecule has 3 aromatic rings. The Morgan fingerprint density at radius 2 is 1.76 bits per heavy atom. The highest BCUT2D eigenvalue weighted by atomic mass is 35.5. The van der Waals surface area contributed by atoms with Crippen LogP contribution in [0.25, 0.3) is 0 Å². The molecule has 1 aromatic heterocycles. The maximum atomic E-state index is 14.4. The van der Waals surface area contributed by atoms with Crippen molar-refractivity contribution < 1.29 is 22.0 Å². The molecule has 46 heavy (non-hydrogen) atoms. The first-order valence-corrected chi connectivity index (χ1v) is 16.9. The summed E-state index contributed by atoms with van der Waals surface area (Å²) in [7, 11) is -3.67. The van der Waals surface area contributed by atoms with Gasteiger partial charge < -0.3 is 22.1 Å². The lowest BCUT2D eigenvalue weighted by atomic mass is 9.79. The van der Waals surface area contributed by atoms with Crippen molar-refractivity contribution in [1.82, 2.24) is 14.3 Å². The number of aromatic nitrogens is 2. The van der Waals surface area contributed by atoms with Crippen LogP contribution >= 0.6 is 11.6 Å². The molecule has 0 bridgehead atoms. The maximum absolute atomic E-state index is 14.4. The van der Waals surface area contributed by atoms with E-state index in [1.54, 1.807) is 24.3 Å². The number of nitrogens with zero attached hydrogens (tertiary/aromatic N) is 4. The number of carbonyl (C=O) groups is 1. The van der Waals surface area contributed by atoms with Gasteiger partial charge in [-0.2, -0.15) is 4.31 Å². The summed E-state index contributed by atoms with van der Waals surface area (Å²) in [5, 5.41) is 6.05. The minimum atomic E-state index is -3.67. The van der Waals surface area contributed by atoms with E-state index < -0.39 is 27.3 Å². The number of rotatable bonds is 9. The topological polar surface area (TPSA) is 169 Å². The molecule has 0 unspecified atom stereocenters. The van der Waals surface area contributed by atoms with Gasteiger partial charge in [-0.3, -0.25) is 4.79 Å². The molecule has 1 amide bonds. The number of nitrogens with one attached hydrogen (secondary N) is 2. The average Bonchev–Trinajstić information content (AvgIpc) is 3.01. The molecule has 0 spiro atoms. The SMILES string of the molecule is Cc1ccc(S(=O)(=O)N2CCC[C@@H](Nc3ncc(NC(N)=Nc4c(F)cc(Cl)cc4F)c(CC4CCC(C(N)=O)CC4)n3)C2)cc1. The Morgan fingerprint density at radius 1 is 1.09 bits per heavy atom. The fourth-order valence-electron chi connectivity index (χ4n) is 5.92. The molecule has 2 heterocycles. The summed E-state index contributed by atoms with van der Waals surface area (Å²) in [6.45, 7) is 2.55. The van der Waals surface area contributed by atoms with Gasteiger partial charge in [-0.05, 0) is 82.1 Å². The number of benzene rings is 2. The van der Waals surface area contributed by atoms with Gasteiger partial charge in [0.1, 0.15) is 5.69 Å². The first kappa shape index (κ1) is 33.5. The number of hydrogen-bond donors (Lipinski definition) is 4. The van der Waals surface area contributed by atoms with Crippen LogP contribution in [0.4, 0.5) is 26.1 Å². The molecule has 246 valence electrons. The van der Waals surface area contributed by atoms with E-state index in [2.05, 4.69) is 20.6 Å². The molecule has 11 nitrogen and oxygen atoms in total. The second-order valence-corrected chi connectivity index (χ2v) is 14.3. The number of aryl methyl sites for hydroxylation is 1. The first-order chi connectivity index (χ1) is 21.9. The standard InChI is InChI=1S/C31H37ClF2N8O3S/c1-18-4-10-23(11-5-18)46(44,45)42-12-2-3-22(17-42)38-31-37-16-27(26(40-31)13-19-6-8-20(9-7-19)29(35)43)39-30(36)41-28-24(33)14-21(32)15-25(28)34/h4-5,10-11,14-16,19-20,22H,2-3,6-9,12-13,17H2,1H3,(H2,35,43)(H3,36,39,41)(H,37,38,40)/t19?,20?,22-/m1/s1. The monoisotopic (exact) mass is 674 g/mol. The van der Waals surface area contributed by atoms with Crippen LogP contribution < -0.4 is 22.1 Å². The summed E-state index contributed by atoms with van der Waals surface area (Å²) in [5.74, 6) is -2.19. The highest BCUT2D eigenvalue weighted by Gasteiger charge is 2.31. The fourth-order valence-corrected chi connectivity index (χ4v) is 7.63. The second kappa shape index (κ2) is 14.3. The quantitative estimate of drug-likeness (QED) is 0.184. The Morgan fingerprint density at radius 3 is 2.41 bits per heavy atom. The van der Waals surface area contributed by atoms with Crippen LogP contribution in [-0.4, -0.2) is 53.7 Å². The summed E-state index contributed by atoms with van der Waals surface area (Å²) in [5.41, 5.74) is 12.9. The second-order valence-electron chi connectivity index (χ2n) is 11.9. The predicted molar refractivity (Wildman–Crippen MR) is 173 cm³/mol. The number of piperidine rings is 1. The Hall–Kier alpha value is -3.88. The number of hydrogen-bond acceptors (Lipinski definition) is 7. The number of halogens is 3. The van der Waals surface area contributed by atoms with Crippen LogP contribution in [0.1, 0.15) is 49.8 Å². The van der Waals surface area contributed by atoms with Gasteiger partial charge in [-0.1, -0.05) is 29.3 Å². The van der Waals surface area contributed by atoms with E-state index in [0.29, 0.717) is 56.0 Å². The summed E-state index contributed by atoms with van der Waals surface area (Å²) in [6, 6.07) is 8.41. The maximum Gasteiger partial charge on any atom is 0.243 e. The van der Waals surface area contributed by atoms with Crippen molar-refractivity contribution in [3.63, 3.8) is 0 Å². The molecule has 5 rings (SSSR count). The van der Waals surface area contributed by atoms with Gasteiger partial charge in [0.05, 0.1) is 22.5 Å². The Labute approximate surface area is 271 Å². The van der Waals surface area contributed by atoms with Gasteiger partial charge in [0.15, 0.2) is 17.6 Å². The summed E-state index contributed by atoms with van der Waals surface area (Å²) in [6.07, 6.45) is 6.24. The Bertz CT molecular complexity index is 1690. The van der Waals surface area contributed by atoms with Gasteiger partial charge in [0, 0.05) is 30.1 Å². The third kappa shape index (κ3) is 8.09. The third-order valence-corrected chi connectivity index (χ3v) is 10.5. The number of nitrogens with two attached hydrogens (primary N) is 2. The van der Waals surface area contributed by atoms with Crippen molar-refractivity contribution in [2.45, 2.75) is 62.8 Å². The number of sulfonamides is 1. The minimum Gasteiger partial charge on any atom is -0.369 e. The number of aliphatic imine (C=N–C) groups is 1. The first-order valence-electron chi connectivity index (χ1n) is 15.1. The molecule has 1 saturated heterocycles. The van der Waals surface area contributed by atoms with Crippen LogP contribution in [0, 0.1) is 30.4 Å². The van der Waals surface area contributed by atoms with E-state index in [1.165, 1.54) is 10.5 Å². The fraction of sp³-hybridized carbons (Fsp3) is 0.419. The van der Waals surface area contributed by atoms with E-state index in [0.717, 1.165) is 30.5 Å². The molecule has 1 atom stereocenters. The van der Waals surface area contributed by atoms with Crippen molar-refractivity contribution >= 4 is 50.8 Å². The zero-order chi connectivity index (χ0) is 33.0. The van der Waals surface area contributed by atoms with Crippen LogP contribution in [0.5, 0.6) is 0 Å². The van der Waals surface area contributed by atoms with Crippen LogP contribution in [0.2, 0.25) is 5.02 Å². The lowest BCUT2D eigenvalue weighted by Crippen LogP contribution is -2.45. The Balaban J connectivity index is 1.36. The zero-order valence-electron chi connectivity index (χ0n) is 25.3. The lowest BCUT2D eigenvalue weighted by molar-refractivity contribution is -0.122. The molecule has 1 aliphatic carbocycles. The number of guanidine groups is 1. The molecular formula is C31H37ClF2N8O3S. The predicted octanol–water partition coefficient (Wildman–Crippen LogP) is 4.87. The van der Waals surface area contributed by atoms with Crippen LogP contribution in [-0.2, 0) is 21.2 Å². The lowest BCUT2D eigenvalue weighted by Gasteiger charge is -2.32. The van der Waals surface area contributed by atoms with E-state index in [-0.39, 0.29) is 46.2 Å². The molecule has 1 aliphatic heterocycles. The largest absolute Gasteiger partial charge is 0.369 e. The molecule has 6 N–H and O–H groups in total. The van der Waals surface area contributed by atoms with Crippen LogP contribution in [0.3, 0.4) is 0 Å². The van der Waals surface area contributed by atoms with E-state index >= 15 is 0 Å². The van der Waals surface area contributed by atoms with Gasteiger partial charge in [0.2, 0.25) is 21.9 Å². The van der Waals surface area contributed by atoms with Gasteiger partial charge >= 0.3 is 0 Å². The molecule has 15 heteroatoms. The Kier molecular flexibility index (Phi) is 10.4. The van der Waals surface area contributed by atoms with Crippen molar-refractivity contribution in [3.8, 4) is 0 Å². The summed E-state index contributed by atoms with van der Waals surface area (Å²) < 4.78 is 56.8. The van der Waals surface area contributed by atoms with E-state index in [4.69, 9.17) is 28.1 Å². The van der Waals surface area contributed by atoms with Gasteiger partial charge in [-0.15, -0.1) is 0 Å². The number of carbonyl (C=O) groups excluding carboxylic acids is 1. The van der Waals surface area contributed by atoms with Crippen molar-refractivity contribution in [3.05, 3.63) is 70.5 Å². The van der Waals surface area contributed by atoms with Crippen LogP contribution in [0.15, 0.2) is 52.5 Å². The van der Waals surface area contributed by atoms with Crippen molar-refractivity contribution in [2.75, 3.05) is 23.7 Å². The molecule has 1 saturated carbocycles. The molecule has 2 aliphatic rings. The number of anilines is 2. The van der Waals surface area contributed by atoms with Gasteiger partial charge in [0.25, 0.3) is 0 Å². The number of primary amides is 1. The average molecular weight is 675 g/mol. The third-order valence-electron chi connectivity index (χ3n) is 8.45. The van der Waals surface area contributed by atoms with Gasteiger partial charge in [-0.25, -0.2) is 32.2 Å². The molecule has 2 aromatic carbocycles. The number of amides is 1. The van der Waals surface area contributed by atoms with Crippen molar-refractivity contribution in [1.29, 1.82) is 0 Å². The van der Waals surface area contributed by atoms with Crippen molar-refractivity contribution in [2.24, 2.45) is 28.3 Å². The highest BCUT2D eigenvalue weighted by Crippen LogP contribution is 2.33. The normalized spacial score (nSPS) is 21.1.